The Kier molecular flexibility index (Phi) is 5.20. The van der Waals surface area contributed by atoms with E-state index in [1.165, 1.54) is 4.70 Å². The van der Waals surface area contributed by atoms with Crippen LogP contribution in [-0.2, 0) is 30.8 Å². The van der Waals surface area contributed by atoms with Crippen molar-refractivity contribution < 1.29 is 14.6 Å². The van der Waals surface area contributed by atoms with Crippen LogP contribution in [0, 0.1) is 0 Å². The molecule has 0 unspecified atom stereocenters. The Morgan fingerprint density at radius 2 is 2.22 bits per heavy atom. The lowest BCUT2D eigenvalue weighted by Crippen LogP contribution is -2.31. The molecule has 1 aliphatic rings. The van der Waals surface area contributed by atoms with Crippen LogP contribution in [-0.4, -0.2) is 50.5 Å². The fourth-order valence-electron chi connectivity index (χ4n) is 3.50. The highest BCUT2D eigenvalue weighted by molar-refractivity contribution is 7.18. The largest absolute Gasteiger partial charge is 0.461 e. The Labute approximate surface area is 161 Å². The number of ether oxygens (including phenoxy) is 1. The molecule has 0 spiro atoms. The van der Waals surface area contributed by atoms with Crippen LogP contribution in [0.3, 0.4) is 0 Å². The van der Waals surface area contributed by atoms with Gasteiger partial charge in [0.2, 0.25) is 0 Å². The SMILES string of the molecule is CCOC(=O)c1nn(CCO)c2c1CN(Cc1nc3ccccc3s1)CC2. The van der Waals surface area contributed by atoms with Crippen molar-refractivity contribution in [2.75, 3.05) is 19.8 Å². The summed E-state index contributed by atoms with van der Waals surface area (Å²) < 4.78 is 8.11. The van der Waals surface area contributed by atoms with Crippen molar-refractivity contribution in [3.8, 4) is 0 Å². The number of para-hydroxylation sites is 1. The van der Waals surface area contributed by atoms with Crippen molar-refractivity contribution in [2.45, 2.75) is 33.0 Å². The molecule has 1 aliphatic heterocycles. The lowest BCUT2D eigenvalue weighted by Gasteiger charge is -2.26. The molecule has 27 heavy (non-hydrogen) atoms. The maximum atomic E-state index is 12.3. The molecular formula is C19H22N4O3S. The van der Waals surface area contributed by atoms with E-state index in [9.17, 15) is 9.90 Å². The van der Waals surface area contributed by atoms with Crippen molar-refractivity contribution in [3.05, 3.63) is 46.2 Å². The predicted octanol–water partition coefficient (Wildman–Crippen LogP) is 2.22. The van der Waals surface area contributed by atoms with Gasteiger partial charge in [-0.1, -0.05) is 12.1 Å². The average Bonchev–Trinajstić information content (AvgIpc) is 3.23. The van der Waals surface area contributed by atoms with Gasteiger partial charge in [0.1, 0.15) is 5.01 Å². The number of carbonyl (C=O) groups excluding carboxylic acids is 1. The van der Waals surface area contributed by atoms with Crippen LogP contribution in [0.4, 0.5) is 0 Å². The van der Waals surface area contributed by atoms with Gasteiger partial charge in [-0.05, 0) is 19.1 Å². The van der Waals surface area contributed by atoms with Gasteiger partial charge in [0.05, 0.1) is 36.5 Å². The van der Waals surface area contributed by atoms with Gasteiger partial charge in [-0.25, -0.2) is 9.78 Å². The quantitative estimate of drug-likeness (QED) is 0.655. The first-order chi connectivity index (χ1) is 13.2. The molecule has 0 saturated heterocycles. The Morgan fingerprint density at radius 3 is 3.00 bits per heavy atom. The third-order valence-corrected chi connectivity index (χ3v) is 5.71. The van der Waals surface area contributed by atoms with Crippen molar-refractivity contribution >= 4 is 27.5 Å². The maximum absolute atomic E-state index is 12.3. The molecule has 0 atom stereocenters. The molecule has 8 heteroatoms. The van der Waals surface area contributed by atoms with Crippen LogP contribution in [0.1, 0.15) is 33.7 Å². The molecule has 7 nitrogen and oxygen atoms in total. The normalized spacial score (nSPS) is 14.4. The molecule has 0 radical (unpaired) electrons. The number of thiazole rings is 1. The van der Waals surface area contributed by atoms with E-state index in [-0.39, 0.29) is 6.61 Å². The number of fused-ring (bicyclic) bond motifs is 2. The fourth-order valence-corrected chi connectivity index (χ4v) is 4.51. The molecule has 3 aromatic rings. The van der Waals surface area contributed by atoms with Crippen molar-refractivity contribution in [2.24, 2.45) is 0 Å². The summed E-state index contributed by atoms with van der Waals surface area (Å²) in [4.78, 5) is 19.3. The Morgan fingerprint density at radius 1 is 1.37 bits per heavy atom. The molecule has 0 fully saturated rings. The molecule has 3 heterocycles. The zero-order chi connectivity index (χ0) is 18.8. The Balaban J connectivity index is 1.58. The summed E-state index contributed by atoms with van der Waals surface area (Å²) in [5, 5.41) is 14.8. The lowest BCUT2D eigenvalue weighted by molar-refractivity contribution is 0.0515. The highest BCUT2D eigenvalue weighted by Gasteiger charge is 2.29. The summed E-state index contributed by atoms with van der Waals surface area (Å²) in [6.45, 7) is 4.72. The molecule has 0 saturated carbocycles. The number of carbonyl (C=O) groups is 1. The topological polar surface area (TPSA) is 80.5 Å². The van der Waals surface area contributed by atoms with Crippen LogP contribution in [0.25, 0.3) is 10.2 Å². The summed E-state index contributed by atoms with van der Waals surface area (Å²) >= 11 is 1.71. The van der Waals surface area contributed by atoms with Gasteiger partial charge in [-0.2, -0.15) is 5.10 Å². The Bertz CT molecular complexity index is 932. The zero-order valence-corrected chi connectivity index (χ0v) is 16.0. The number of esters is 1. The van der Waals surface area contributed by atoms with E-state index in [1.807, 2.05) is 18.2 Å². The lowest BCUT2D eigenvalue weighted by atomic mass is 10.0. The first kappa shape index (κ1) is 18.1. The number of rotatable bonds is 6. The van der Waals surface area contributed by atoms with Crippen LogP contribution < -0.4 is 0 Å². The Hall–Kier alpha value is -2.29. The second kappa shape index (κ2) is 7.75. The van der Waals surface area contributed by atoms with Gasteiger partial charge in [0.15, 0.2) is 5.69 Å². The number of nitrogens with zero attached hydrogens (tertiary/aromatic N) is 4. The van der Waals surface area contributed by atoms with Crippen molar-refractivity contribution in [1.82, 2.24) is 19.7 Å². The van der Waals surface area contributed by atoms with Crippen LogP contribution in [0.15, 0.2) is 24.3 Å². The van der Waals surface area contributed by atoms with Gasteiger partial charge in [-0.15, -0.1) is 11.3 Å². The fraction of sp³-hybridized carbons (Fsp3) is 0.421. The second-order valence-corrected chi connectivity index (χ2v) is 7.59. The van der Waals surface area contributed by atoms with E-state index in [4.69, 9.17) is 9.72 Å². The van der Waals surface area contributed by atoms with E-state index in [1.54, 1.807) is 22.9 Å². The van der Waals surface area contributed by atoms with Crippen LogP contribution in [0.2, 0.25) is 0 Å². The standard InChI is InChI=1S/C19H22N4O3S/c1-2-26-19(25)18-13-11-22(8-7-15(13)23(21-18)9-10-24)12-17-20-14-5-3-4-6-16(14)27-17/h3-6,24H,2,7-12H2,1H3. The number of aromatic nitrogens is 3. The van der Waals surface area contributed by atoms with E-state index < -0.39 is 5.97 Å². The summed E-state index contributed by atoms with van der Waals surface area (Å²) in [6.07, 6.45) is 0.784. The van der Waals surface area contributed by atoms with Crippen LogP contribution >= 0.6 is 11.3 Å². The second-order valence-electron chi connectivity index (χ2n) is 6.48. The van der Waals surface area contributed by atoms with Gasteiger partial charge >= 0.3 is 5.97 Å². The zero-order valence-electron chi connectivity index (χ0n) is 15.2. The van der Waals surface area contributed by atoms with E-state index in [2.05, 4.69) is 16.1 Å². The summed E-state index contributed by atoms with van der Waals surface area (Å²) in [5.41, 5.74) is 3.33. The molecule has 1 N–H and O–H groups in total. The first-order valence-corrected chi connectivity index (χ1v) is 9.94. The maximum Gasteiger partial charge on any atom is 0.359 e. The van der Waals surface area contributed by atoms with E-state index in [0.717, 1.165) is 41.3 Å². The smallest absolute Gasteiger partial charge is 0.359 e. The average molecular weight is 386 g/mol. The molecule has 4 rings (SSSR count). The minimum absolute atomic E-state index is 0.00813. The number of hydrogen-bond donors (Lipinski definition) is 1. The van der Waals surface area contributed by atoms with Crippen molar-refractivity contribution in [3.63, 3.8) is 0 Å². The highest BCUT2D eigenvalue weighted by atomic mass is 32.1. The minimum atomic E-state index is -0.396. The summed E-state index contributed by atoms with van der Waals surface area (Å²) in [5.74, 6) is -0.396. The third kappa shape index (κ3) is 3.60. The number of aliphatic hydroxyl groups is 1. The van der Waals surface area contributed by atoms with Gasteiger partial charge < -0.3 is 9.84 Å². The molecular weight excluding hydrogens is 364 g/mol. The van der Waals surface area contributed by atoms with E-state index >= 15 is 0 Å². The van der Waals surface area contributed by atoms with Crippen LogP contribution in [0.5, 0.6) is 0 Å². The molecule has 0 aliphatic carbocycles. The number of benzene rings is 1. The molecule has 0 amide bonds. The summed E-state index contributed by atoms with van der Waals surface area (Å²) in [7, 11) is 0. The first-order valence-electron chi connectivity index (χ1n) is 9.13. The predicted molar refractivity (Wildman–Crippen MR) is 103 cm³/mol. The van der Waals surface area contributed by atoms with Gasteiger partial charge in [0, 0.05) is 30.8 Å². The minimum Gasteiger partial charge on any atom is -0.461 e. The van der Waals surface area contributed by atoms with Gasteiger partial charge in [-0.3, -0.25) is 9.58 Å². The van der Waals surface area contributed by atoms with Crippen molar-refractivity contribution in [1.29, 1.82) is 0 Å². The number of hydrogen-bond acceptors (Lipinski definition) is 7. The highest BCUT2D eigenvalue weighted by Crippen LogP contribution is 2.27. The monoisotopic (exact) mass is 386 g/mol. The molecule has 0 bridgehead atoms. The third-order valence-electron chi connectivity index (χ3n) is 4.69. The number of aliphatic hydroxyl groups excluding tert-OH is 1. The molecule has 2 aromatic heterocycles. The summed E-state index contributed by atoms with van der Waals surface area (Å²) in [6, 6.07) is 8.14. The van der Waals surface area contributed by atoms with Gasteiger partial charge in [0.25, 0.3) is 0 Å². The van der Waals surface area contributed by atoms with E-state index in [0.29, 0.717) is 25.4 Å². The molecule has 142 valence electrons. The molecule has 1 aromatic carbocycles.